The number of benzene rings is 1. The Morgan fingerprint density at radius 2 is 2.12 bits per heavy atom. The highest BCUT2D eigenvalue weighted by Gasteiger charge is 2.59. The third kappa shape index (κ3) is 1.86. The fourth-order valence-corrected chi connectivity index (χ4v) is 4.48. The number of nitriles is 1. The number of ether oxygens (including phenoxy) is 1. The van der Waals surface area contributed by atoms with Crippen molar-refractivity contribution >= 4 is 11.8 Å². The van der Waals surface area contributed by atoms with Gasteiger partial charge in [0.2, 0.25) is 0 Å². The molecule has 3 rings (SSSR count). The molecule has 1 aromatic carbocycles. The van der Waals surface area contributed by atoms with Gasteiger partial charge in [-0.05, 0) is 31.9 Å². The second-order valence-corrected chi connectivity index (χ2v) is 6.83. The molecule has 0 atom stereocenters. The molecular weight excluding hydrogens is 230 g/mol. The Morgan fingerprint density at radius 1 is 1.35 bits per heavy atom. The van der Waals surface area contributed by atoms with Crippen LogP contribution in [0.1, 0.15) is 18.4 Å². The SMILES string of the molecule is Cc1cccc(SC2(C#N)CC3(COC3)C2)c1. The first-order chi connectivity index (χ1) is 8.15. The van der Waals surface area contributed by atoms with Crippen LogP contribution < -0.4 is 0 Å². The van der Waals surface area contributed by atoms with E-state index in [0.717, 1.165) is 26.1 Å². The van der Waals surface area contributed by atoms with Crippen LogP contribution in [0.5, 0.6) is 0 Å². The van der Waals surface area contributed by atoms with E-state index in [1.165, 1.54) is 10.5 Å². The van der Waals surface area contributed by atoms with Gasteiger partial charge in [-0.15, -0.1) is 11.8 Å². The molecule has 1 spiro atoms. The van der Waals surface area contributed by atoms with Crippen LogP contribution in [0, 0.1) is 23.7 Å². The summed E-state index contributed by atoms with van der Waals surface area (Å²) in [5.74, 6) is 0. The maximum absolute atomic E-state index is 9.41. The molecule has 1 saturated heterocycles. The van der Waals surface area contributed by atoms with Gasteiger partial charge in [0, 0.05) is 10.3 Å². The van der Waals surface area contributed by atoms with Gasteiger partial charge in [0.25, 0.3) is 0 Å². The molecule has 88 valence electrons. The van der Waals surface area contributed by atoms with Crippen LogP contribution in [0.4, 0.5) is 0 Å². The molecule has 1 heterocycles. The van der Waals surface area contributed by atoms with Crippen LogP contribution in [0.2, 0.25) is 0 Å². The van der Waals surface area contributed by atoms with E-state index in [-0.39, 0.29) is 4.75 Å². The van der Waals surface area contributed by atoms with Crippen molar-refractivity contribution in [3.63, 3.8) is 0 Å². The van der Waals surface area contributed by atoms with Gasteiger partial charge in [0.1, 0.15) is 4.75 Å². The molecule has 1 aliphatic heterocycles. The summed E-state index contributed by atoms with van der Waals surface area (Å²) in [6.07, 6.45) is 1.96. The van der Waals surface area contributed by atoms with Gasteiger partial charge in [0.15, 0.2) is 0 Å². The molecule has 17 heavy (non-hydrogen) atoms. The minimum absolute atomic E-state index is 0.211. The van der Waals surface area contributed by atoms with Gasteiger partial charge < -0.3 is 4.74 Å². The highest BCUT2D eigenvalue weighted by molar-refractivity contribution is 8.01. The molecule has 0 amide bonds. The molecule has 0 bridgehead atoms. The Balaban J connectivity index is 1.74. The number of aryl methyl sites for hydroxylation is 1. The first-order valence-electron chi connectivity index (χ1n) is 5.90. The molecule has 0 N–H and O–H groups in total. The average molecular weight is 245 g/mol. The summed E-state index contributed by atoms with van der Waals surface area (Å²) in [7, 11) is 0. The average Bonchev–Trinajstić information content (AvgIpc) is 2.20. The van der Waals surface area contributed by atoms with Crippen LogP contribution in [-0.4, -0.2) is 18.0 Å². The van der Waals surface area contributed by atoms with Gasteiger partial charge in [-0.1, -0.05) is 17.7 Å². The minimum Gasteiger partial charge on any atom is -0.380 e. The van der Waals surface area contributed by atoms with E-state index >= 15 is 0 Å². The van der Waals surface area contributed by atoms with E-state index in [1.54, 1.807) is 11.8 Å². The molecule has 1 aromatic rings. The zero-order chi connectivity index (χ0) is 11.9. The van der Waals surface area contributed by atoms with E-state index in [1.807, 2.05) is 0 Å². The Bertz CT molecular complexity index is 479. The van der Waals surface area contributed by atoms with E-state index in [9.17, 15) is 5.26 Å². The number of hydrogen-bond acceptors (Lipinski definition) is 3. The predicted molar refractivity (Wildman–Crippen MR) is 67.9 cm³/mol. The summed E-state index contributed by atoms with van der Waals surface area (Å²) in [6, 6.07) is 10.9. The van der Waals surface area contributed by atoms with Crippen molar-refractivity contribution in [2.75, 3.05) is 13.2 Å². The van der Waals surface area contributed by atoms with E-state index in [2.05, 4.69) is 37.3 Å². The lowest BCUT2D eigenvalue weighted by Crippen LogP contribution is -2.59. The summed E-state index contributed by atoms with van der Waals surface area (Å²) >= 11 is 1.73. The number of nitrogens with zero attached hydrogens (tertiary/aromatic N) is 1. The van der Waals surface area contributed by atoms with Gasteiger partial charge in [0.05, 0.1) is 19.3 Å². The largest absolute Gasteiger partial charge is 0.380 e. The van der Waals surface area contributed by atoms with E-state index in [4.69, 9.17) is 4.74 Å². The second kappa shape index (κ2) is 3.76. The van der Waals surface area contributed by atoms with E-state index < -0.39 is 0 Å². The van der Waals surface area contributed by atoms with Crippen molar-refractivity contribution < 1.29 is 4.74 Å². The van der Waals surface area contributed by atoms with Crippen LogP contribution in [0.3, 0.4) is 0 Å². The molecule has 3 heteroatoms. The van der Waals surface area contributed by atoms with Crippen molar-refractivity contribution in [1.29, 1.82) is 5.26 Å². The van der Waals surface area contributed by atoms with Gasteiger partial charge in [-0.3, -0.25) is 0 Å². The zero-order valence-electron chi connectivity index (χ0n) is 9.90. The quantitative estimate of drug-likeness (QED) is 0.802. The highest BCUT2D eigenvalue weighted by atomic mass is 32.2. The summed E-state index contributed by atoms with van der Waals surface area (Å²) < 4.78 is 5.06. The molecule has 1 aliphatic carbocycles. The molecule has 2 fully saturated rings. The lowest BCUT2D eigenvalue weighted by atomic mass is 9.60. The molecule has 0 radical (unpaired) electrons. The molecule has 0 unspecified atom stereocenters. The Morgan fingerprint density at radius 3 is 2.65 bits per heavy atom. The monoisotopic (exact) mass is 245 g/mol. The second-order valence-electron chi connectivity index (χ2n) is 5.37. The topological polar surface area (TPSA) is 33.0 Å². The maximum Gasteiger partial charge on any atom is 0.108 e. The van der Waals surface area contributed by atoms with Gasteiger partial charge in [-0.2, -0.15) is 5.26 Å². The van der Waals surface area contributed by atoms with Crippen molar-refractivity contribution in [3.8, 4) is 6.07 Å². The number of rotatable bonds is 2. The van der Waals surface area contributed by atoms with Crippen molar-refractivity contribution in [3.05, 3.63) is 29.8 Å². The molecule has 1 saturated carbocycles. The minimum atomic E-state index is -0.211. The van der Waals surface area contributed by atoms with Crippen molar-refractivity contribution in [1.82, 2.24) is 0 Å². The third-order valence-corrected chi connectivity index (χ3v) is 4.90. The molecular formula is C14H15NOS. The van der Waals surface area contributed by atoms with Crippen molar-refractivity contribution in [2.24, 2.45) is 5.41 Å². The fraction of sp³-hybridized carbons (Fsp3) is 0.500. The zero-order valence-corrected chi connectivity index (χ0v) is 10.7. The normalized spacial score (nSPS) is 23.5. The highest BCUT2D eigenvalue weighted by Crippen LogP contribution is 2.60. The lowest BCUT2D eigenvalue weighted by Gasteiger charge is -2.56. The standard InChI is InChI=1S/C14H15NOS/c1-11-3-2-4-12(5-11)17-14(8-15)6-13(7-14)9-16-10-13/h2-5H,6-7,9-10H2,1H3. The molecule has 2 aliphatic rings. The molecule has 0 aromatic heterocycles. The summed E-state index contributed by atoms with van der Waals surface area (Å²) in [4.78, 5) is 1.21. The predicted octanol–water partition coefficient (Wildman–Crippen LogP) is 3.16. The maximum atomic E-state index is 9.41. The Kier molecular flexibility index (Phi) is 2.46. The van der Waals surface area contributed by atoms with Gasteiger partial charge in [-0.25, -0.2) is 0 Å². The van der Waals surface area contributed by atoms with E-state index in [0.29, 0.717) is 5.41 Å². The van der Waals surface area contributed by atoms with Gasteiger partial charge >= 0.3 is 0 Å². The summed E-state index contributed by atoms with van der Waals surface area (Å²) in [5.41, 5.74) is 1.59. The first-order valence-corrected chi connectivity index (χ1v) is 6.72. The number of thioether (sulfide) groups is 1. The van der Waals surface area contributed by atoms with Crippen LogP contribution in [-0.2, 0) is 4.74 Å². The first kappa shape index (κ1) is 11.1. The summed E-state index contributed by atoms with van der Waals surface area (Å²) in [6.45, 7) is 3.79. The Labute approximate surface area is 106 Å². The Hall–Kier alpha value is -0.980. The van der Waals surface area contributed by atoms with Crippen LogP contribution in [0.25, 0.3) is 0 Å². The smallest absolute Gasteiger partial charge is 0.108 e. The molecule has 2 nitrogen and oxygen atoms in total. The van der Waals surface area contributed by atoms with Crippen molar-refractivity contribution in [2.45, 2.75) is 29.4 Å². The third-order valence-electron chi connectivity index (χ3n) is 3.64. The fourth-order valence-electron chi connectivity index (χ4n) is 2.83. The lowest BCUT2D eigenvalue weighted by molar-refractivity contribution is -0.161. The summed E-state index contributed by atoms with van der Waals surface area (Å²) in [5, 5.41) is 9.41. The number of hydrogen-bond donors (Lipinski definition) is 0. The van der Waals surface area contributed by atoms with Crippen LogP contribution in [0.15, 0.2) is 29.2 Å². The van der Waals surface area contributed by atoms with Crippen LogP contribution >= 0.6 is 11.8 Å².